The minimum atomic E-state index is -0.634. The highest BCUT2D eigenvalue weighted by Gasteiger charge is 2.40. The summed E-state index contributed by atoms with van der Waals surface area (Å²) in [7, 11) is 1.29. The van der Waals surface area contributed by atoms with Gasteiger partial charge in [-0.05, 0) is 27.2 Å². The maximum absolute atomic E-state index is 11.9. The van der Waals surface area contributed by atoms with E-state index >= 15 is 0 Å². The molecule has 6 nitrogen and oxygen atoms in total. The van der Waals surface area contributed by atoms with Crippen molar-refractivity contribution in [3.8, 4) is 0 Å². The van der Waals surface area contributed by atoms with E-state index in [1.54, 1.807) is 20.8 Å². The fraction of sp³-hybridized carbons (Fsp3) is 0.818. The average molecular weight is 281 g/mol. The second-order valence-electron chi connectivity index (χ2n) is 5.17. The summed E-state index contributed by atoms with van der Waals surface area (Å²) in [6.07, 6.45) is -0.118. The Morgan fingerprint density at radius 3 is 2.33 bits per heavy atom. The van der Waals surface area contributed by atoms with Crippen LogP contribution in [0, 0.1) is 0 Å². The van der Waals surface area contributed by atoms with Crippen LogP contribution in [0.1, 0.15) is 27.2 Å². The van der Waals surface area contributed by atoms with Gasteiger partial charge in [0.25, 0.3) is 0 Å². The van der Waals surface area contributed by atoms with Gasteiger partial charge in [0.1, 0.15) is 11.6 Å². The number of esters is 1. The van der Waals surface area contributed by atoms with Crippen LogP contribution in [0.2, 0.25) is 0 Å². The van der Waals surface area contributed by atoms with Gasteiger partial charge in [-0.2, -0.15) is 0 Å². The van der Waals surface area contributed by atoms with E-state index in [0.29, 0.717) is 13.0 Å². The monoisotopic (exact) mass is 280 g/mol. The third-order valence-corrected chi connectivity index (χ3v) is 2.43. The van der Waals surface area contributed by atoms with E-state index in [1.165, 1.54) is 12.0 Å². The maximum Gasteiger partial charge on any atom is 0.411 e. The molecule has 106 valence electrons. The number of hydrogen-bond acceptors (Lipinski definition) is 5. The molecular formula is C11H21ClN2O4. The Morgan fingerprint density at radius 1 is 1.33 bits per heavy atom. The minimum Gasteiger partial charge on any atom is -0.467 e. The number of ether oxygens (including phenoxy) is 2. The van der Waals surface area contributed by atoms with Gasteiger partial charge in [-0.1, -0.05) is 0 Å². The van der Waals surface area contributed by atoms with E-state index in [0.717, 1.165) is 0 Å². The smallest absolute Gasteiger partial charge is 0.411 e. The summed E-state index contributed by atoms with van der Waals surface area (Å²) in [6, 6.07) is -0.850. The first-order valence-corrected chi connectivity index (χ1v) is 5.57. The molecule has 0 radical (unpaired) electrons. The first-order chi connectivity index (χ1) is 7.74. The summed E-state index contributed by atoms with van der Waals surface area (Å²) >= 11 is 0. The molecule has 2 atom stereocenters. The van der Waals surface area contributed by atoms with Crippen molar-refractivity contribution < 1.29 is 19.1 Å². The molecule has 0 spiro atoms. The molecule has 1 rings (SSSR count). The van der Waals surface area contributed by atoms with E-state index in [4.69, 9.17) is 10.5 Å². The van der Waals surface area contributed by atoms with E-state index in [-0.39, 0.29) is 18.4 Å². The number of nitrogens with zero attached hydrogens (tertiary/aromatic N) is 1. The molecule has 0 aliphatic carbocycles. The Labute approximate surface area is 113 Å². The molecule has 1 heterocycles. The normalized spacial score (nSPS) is 23.3. The molecule has 0 bridgehead atoms. The molecule has 7 heteroatoms. The van der Waals surface area contributed by atoms with Crippen molar-refractivity contribution in [3.63, 3.8) is 0 Å². The number of carbonyl (C=O) groups is 2. The number of hydrogen-bond donors (Lipinski definition) is 1. The molecule has 1 amide bonds. The van der Waals surface area contributed by atoms with Crippen LogP contribution in [0.15, 0.2) is 0 Å². The molecule has 0 unspecified atom stereocenters. The van der Waals surface area contributed by atoms with Gasteiger partial charge in [-0.15, -0.1) is 12.4 Å². The Balaban J connectivity index is 0.00000289. The number of amides is 1. The molecular weight excluding hydrogens is 260 g/mol. The predicted molar refractivity (Wildman–Crippen MR) is 68.6 cm³/mol. The van der Waals surface area contributed by atoms with Gasteiger partial charge in [0.05, 0.1) is 7.11 Å². The molecule has 0 saturated carbocycles. The molecule has 1 fully saturated rings. The standard InChI is InChI=1S/C11H20N2O4.ClH/c1-11(2,3)17-10(15)13-6-7(12)5-8(13)9(14)16-4;/h7-8H,5-6,12H2,1-4H3;1H/t7-,8+;/m0./s1. The van der Waals surface area contributed by atoms with Crippen LogP contribution < -0.4 is 5.73 Å². The minimum absolute atomic E-state index is 0. The van der Waals surface area contributed by atoms with Crippen LogP contribution >= 0.6 is 12.4 Å². The zero-order chi connectivity index (χ0) is 13.2. The molecule has 2 N–H and O–H groups in total. The summed E-state index contributed by atoms with van der Waals surface area (Å²) in [5.41, 5.74) is 5.16. The number of likely N-dealkylation sites (tertiary alicyclic amines) is 1. The Morgan fingerprint density at radius 2 is 1.89 bits per heavy atom. The third-order valence-electron chi connectivity index (χ3n) is 2.43. The van der Waals surface area contributed by atoms with Crippen LogP contribution in [-0.2, 0) is 14.3 Å². The first kappa shape index (κ1) is 17.0. The average Bonchev–Trinajstić information content (AvgIpc) is 2.56. The second-order valence-corrected chi connectivity index (χ2v) is 5.17. The lowest BCUT2D eigenvalue weighted by Gasteiger charge is -2.27. The molecule has 0 aromatic heterocycles. The largest absolute Gasteiger partial charge is 0.467 e. The van der Waals surface area contributed by atoms with Crippen LogP contribution in [-0.4, -0.2) is 48.3 Å². The van der Waals surface area contributed by atoms with Crippen molar-refractivity contribution in [2.45, 2.75) is 44.9 Å². The summed E-state index contributed by atoms with van der Waals surface area (Å²) in [4.78, 5) is 24.7. The van der Waals surface area contributed by atoms with E-state index in [9.17, 15) is 9.59 Å². The van der Waals surface area contributed by atoms with Crippen LogP contribution in [0.5, 0.6) is 0 Å². The van der Waals surface area contributed by atoms with Crippen molar-refractivity contribution in [1.82, 2.24) is 4.90 Å². The molecule has 0 aromatic carbocycles. The van der Waals surface area contributed by atoms with E-state index < -0.39 is 23.7 Å². The zero-order valence-corrected chi connectivity index (χ0v) is 12.0. The van der Waals surface area contributed by atoms with Gasteiger partial charge in [0, 0.05) is 12.6 Å². The van der Waals surface area contributed by atoms with Gasteiger partial charge in [-0.3, -0.25) is 4.90 Å². The number of methoxy groups -OCH3 is 1. The Bertz CT molecular complexity index is 317. The lowest BCUT2D eigenvalue weighted by Crippen LogP contribution is -2.44. The SMILES string of the molecule is COC(=O)[C@H]1C[C@H](N)CN1C(=O)OC(C)(C)C.Cl. The topological polar surface area (TPSA) is 81.9 Å². The summed E-state index contributed by atoms with van der Waals surface area (Å²) < 4.78 is 9.87. The number of rotatable bonds is 1. The van der Waals surface area contributed by atoms with Crippen LogP contribution in [0.4, 0.5) is 4.79 Å². The fourth-order valence-electron chi connectivity index (χ4n) is 1.75. The lowest BCUT2D eigenvalue weighted by atomic mass is 10.2. The summed E-state index contributed by atoms with van der Waals surface area (Å²) in [5, 5.41) is 0. The van der Waals surface area contributed by atoms with Gasteiger partial charge < -0.3 is 15.2 Å². The molecule has 1 aliphatic heterocycles. The number of carbonyl (C=O) groups excluding carboxylic acids is 2. The summed E-state index contributed by atoms with van der Waals surface area (Å²) in [5.74, 6) is -0.455. The highest BCUT2D eigenvalue weighted by Crippen LogP contribution is 2.21. The molecule has 18 heavy (non-hydrogen) atoms. The highest BCUT2D eigenvalue weighted by molar-refractivity contribution is 5.85. The van der Waals surface area contributed by atoms with Crippen LogP contribution in [0.25, 0.3) is 0 Å². The number of halogens is 1. The van der Waals surface area contributed by atoms with Crippen molar-refractivity contribution in [1.29, 1.82) is 0 Å². The second kappa shape index (κ2) is 6.24. The van der Waals surface area contributed by atoms with E-state index in [1.807, 2.05) is 0 Å². The van der Waals surface area contributed by atoms with Gasteiger partial charge in [0.15, 0.2) is 0 Å². The van der Waals surface area contributed by atoms with Crippen molar-refractivity contribution in [2.75, 3.05) is 13.7 Å². The van der Waals surface area contributed by atoms with Gasteiger partial charge in [-0.25, -0.2) is 9.59 Å². The van der Waals surface area contributed by atoms with E-state index in [2.05, 4.69) is 4.74 Å². The molecule has 0 aromatic rings. The summed E-state index contributed by atoms with van der Waals surface area (Å²) in [6.45, 7) is 5.63. The van der Waals surface area contributed by atoms with Crippen molar-refractivity contribution >= 4 is 24.5 Å². The zero-order valence-electron chi connectivity index (χ0n) is 11.1. The quantitative estimate of drug-likeness (QED) is 0.722. The molecule has 1 saturated heterocycles. The Hall–Kier alpha value is -1.01. The third kappa shape index (κ3) is 4.34. The maximum atomic E-state index is 11.9. The Kier molecular flexibility index (Phi) is 5.89. The molecule has 1 aliphatic rings. The van der Waals surface area contributed by atoms with Crippen molar-refractivity contribution in [3.05, 3.63) is 0 Å². The van der Waals surface area contributed by atoms with Crippen molar-refractivity contribution in [2.24, 2.45) is 5.73 Å². The van der Waals surface area contributed by atoms with Gasteiger partial charge >= 0.3 is 12.1 Å². The first-order valence-electron chi connectivity index (χ1n) is 5.57. The predicted octanol–water partition coefficient (Wildman–Crippen LogP) is 0.918. The van der Waals surface area contributed by atoms with Gasteiger partial charge in [0.2, 0.25) is 0 Å². The van der Waals surface area contributed by atoms with Crippen LogP contribution in [0.3, 0.4) is 0 Å². The highest BCUT2D eigenvalue weighted by atomic mass is 35.5. The number of nitrogens with two attached hydrogens (primary N) is 1. The lowest BCUT2D eigenvalue weighted by molar-refractivity contribution is -0.145. The fourth-order valence-corrected chi connectivity index (χ4v) is 1.75.